The molecule has 0 unspecified atom stereocenters. The lowest BCUT2D eigenvalue weighted by molar-refractivity contribution is 0.465. The summed E-state index contributed by atoms with van der Waals surface area (Å²) in [5.74, 6) is 1.35. The van der Waals surface area contributed by atoms with Gasteiger partial charge in [0.15, 0.2) is 0 Å². The van der Waals surface area contributed by atoms with Crippen LogP contribution in [0.15, 0.2) is 33.9 Å². The minimum absolute atomic E-state index is 0.567. The van der Waals surface area contributed by atoms with Gasteiger partial charge >= 0.3 is 0 Å². The van der Waals surface area contributed by atoms with Crippen molar-refractivity contribution in [1.29, 1.82) is 0 Å². The third-order valence-electron chi connectivity index (χ3n) is 2.13. The molecule has 84 valence electrons. The van der Waals surface area contributed by atoms with E-state index in [1.807, 2.05) is 31.2 Å². The molecule has 16 heavy (non-hydrogen) atoms. The van der Waals surface area contributed by atoms with E-state index >= 15 is 0 Å². The molecule has 0 bridgehead atoms. The van der Waals surface area contributed by atoms with Crippen LogP contribution in [0.5, 0.6) is 0 Å². The van der Waals surface area contributed by atoms with Crippen molar-refractivity contribution in [3.05, 3.63) is 29.8 Å². The number of hydrogen-bond acceptors (Lipinski definition) is 5. The van der Waals surface area contributed by atoms with E-state index < -0.39 is 0 Å². The zero-order valence-corrected chi connectivity index (χ0v) is 9.83. The largest absolute Gasteiger partial charge is 0.411 e. The lowest BCUT2D eigenvalue weighted by atomic mass is 10.1. The maximum Gasteiger partial charge on any atom is 0.276 e. The standard InChI is InChI=1S/C11H13N3OS/c1-8-4-2-3-5-9(8)10-13-14-11(15-10)16-7-6-12/h2-5H,6-7,12H2,1H3. The Hall–Kier alpha value is -1.33. The van der Waals surface area contributed by atoms with E-state index in [2.05, 4.69) is 10.2 Å². The first-order valence-electron chi connectivity index (χ1n) is 5.03. The molecule has 1 aromatic carbocycles. The van der Waals surface area contributed by atoms with Crippen molar-refractivity contribution in [2.24, 2.45) is 5.73 Å². The van der Waals surface area contributed by atoms with Gasteiger partial charge in [0.25, 0.3) is 5.22 Å². The van der Waals surface area contributed by atoms with E-state index in [9.17, 15) is 0 Å². The normalized spacial score (nSPS) is 10.6. The second-order valence-corrected chi connectivity index (χ2v) is 4.37. The number of hydrogen-bond donors (Lipinski definition) is 1. The van der Waals surface area contributed by atoms with Gasteiger partial charge in [0.1, 0.15) is 0 Å². The molecule has 5 heteroatoms. The van der Waals surface area contributed by atoms with Gasteiger partial charge in [-0.2, -0.15) is 0 Å². The van der Waals surface area contributed by atoms with Crippen molar-refractivity contribution in [1.82, 2.24) is 10.2 Å². The van der Waals surface area contributed by atoms with Crippen molar-refractivity contribution < 1.29 is 4.42 Å². The molecule has 2 rings (SSSR count). The fraction of sp³-hybridized carbons (Fsp3) is 0.273. The molecule has 0 aliphatic rings. The molecular formula is C11H13N3OS. The van der Waals surface area contributed by atoms with E-state index in [1.165, 1.54) is 11.8 Å². The van der Waals surface area contributed by atoms with Crippen LogP contribution in [0, 0.1) is 6.92 Å². The number of aromatic nitrogens is 2. The maximum absolute atomic E-state index is 5.54. The molecule has 0 radical (unpaired) electrons. The number of nitrogens with zero attached hydrogens (tertiary/aromatic N) is 2. The minimum Gasteiger partial charge on any atom is -0.411 e. The van der Waals surface area contributed by atoms with Crippen LogP contribution in [0.4, 0.5) is 0 Å². The van der Waals surface area contributed by atoms with Gasteiger partial charge in [-0.05, 0) is 18.6 Å². The van der Waals surface area contributed by atoms with Crippen LogP contribution in [0.2, 0.25) is 0 Å². The molecule has 0 amide bonds. The molecule has 0 spiro atoms. The summed E-state index contributed by atoms with van der Waals surface area (Å²) in [4.78, 5) is 0. The van der Waals surface area contributed by atoms with Crippen molar-refractivity contribution in [2.75, 3.05) is 12.3 Å². The molecular weight excluding hydrogens is 222 g/mol. The molecule has 0 atom stereocenters. The summed E-state index contributed by atoms with van der Waals surface area (Å²) in [6.45, 7) is 2.62. The molecule has 0 fully saturated rings. The Bertz CT molecular complexity index is 470. The van der Waals surface area contributed by atoms with Crippen LogP contribution >= 0.6 is 11.8 Å². The average Bonchev–Trinajstić information content (AvgIpc) is 2.75. The molecule has 1 aromatic heterocycles. The van der Waals surface area contributed by atoms with Gasteiger partial charge in [-0.3, -0.25) is 0 Å². The first-order chi connectivity index (χ1) is 7.81. The topological polar surface area (TPSA) is 64.9 Å². The smallest absolute Gasteiger partial charge is 0.276 e. The molecule has 2 aromatic rings. The summed E-state index contributed by atoms with van der Waals surface area (Å²) in [7, 11) is 0. The third-order valence-corrected chi connectivity index (χ3v) is 2.98. The predicted molar refractivity (Wildman–Crippen MR) is 64.2 cm³/mol. The van der Waals surface area contributed by atoms with Crippen LogP contribution in [0.25, 0.3) is 11.5 Å². The second kappa shape index (κ2) is 5.14. The van der Waals surface area contributed by atoms with Crippen LogP contribution in [0.3, 0.4) is 0 Å². The number of rotatable bonds is 4. The predicted octanol–water partition coefficient (Wildman–Crippen LogP) is 2.10. The summed E-state index contributed by atoms with van der Waals surface area (Å²) >= 11 is 1.48. The van der Waals surface area contributed by atoms with Gasteiger partial charge in [0.2, 0.25) is 5.89 Å². The zero-order valence-electron chi connectivity index (χ0n) is 9.01. The fourth-order valence-electron chi connectivity index (χ4n) is 1.34. The summed E-state index contributed by atoms with van der Waals surface area (Å²) < 4.78 is 5.54. The van der Waals surface area contributed by atoms with Crippen LogP contribution in [-0.2, 0) is 0 Å². The van der Waals surface area contributed by atoms with E-state index in [0.29, 0.717) is 17.7 Å². The Balaban J connectivity index is 2.22. The highest BCUT2D eigenvalue weighted by molar-refractivity contribution is 7.99. The minimum atomic E-state index is 0.567. The van der Waals surface area contributed by atoms with Gasteiger partial charge in [-0.15, -0.1) is 10.2 Å². The van der Waals surface area contributed by atoms with E-state index in [0.717, 1.165) is 16.9 Å². The highest BCUT2D eigenvalue weighted by atomic mass is 32.2. The zero-order chi connectivity index (χ0) is 11.4. The molecule has 4 nitrogen and oxygen atoms in total. The summed E-state index contributed by atoms with van der Waals surface area (Å²) in [6, 6.07) is 7.94. The first-order valence-corrected chi connectivity index (χ1v) is 6.02. The summed E-state index contributed by atoms with van der Waals surface area (Å²) in [6.07, 6.45) is 0. The molecule has 0 saturated heterocycles. The van der Waals surface area contributed by atoms with Crippen molar-refractivity contribution in [3.63, 3.8) is 0 Å². The number of nitrogens with two attached hydrogens (primary N) is 1. The molecule has 0 saturated carbocycles. The van der Waals surface area contributed by atoms with Gasteiger partial charge in [-0.1, -0.05) is 30.0 Å². The van der Waals surface area contributed by atoms with E-state index in [-0.39, 0.29) is 0 Å². The fourth-order valence-corrected chi connectivity index (χ4v) is 1.86. The van der Waals surface area contributed by atoms with E-state index in [4.69, 9.17) is 10.2 Å². The lowest BCUT2D eigenvalue weighted by Gasteiger charge is -1.98. The molecule has 0 aliphatic heterocycles. The van der Waals surface area contributed by atoms with Crippen molar-refractivity contribution >= 4 is 11.8 Å². The second-order valence-electron chi connectivity index (χ2n) is 3.33. The van der Waals surface area contributed by atoms with Crippen LogP contribution < -0.4 is 5.73 Å². The van der Waals surface area contributed by atoms with Gasteiger partial charge < -0.3 is 10.2 Å². The van der Waals surface area contributed by atoms with Crippen molar-refractivity contribution in [2.45, 2.75) is 12.1 Å². The van der Waals surface area contributed by atoms with E-state index in [1.54, 1.807) is 0 Å². The Kier molecular flexibility index (Phi) is 3.58. The van der Waals surface area contributed by atoms with Gasteiger partial charge in [0.05, 0.1) is 0 Å². The Morgan fingerprint density at radius 3 is 2.88 bits per heavy atom. The van der Waals surface area contributed by atoms with Crippen LogP contribution in [-0.4, -0.2) is 22.5 Å². The Morgan fingerprint density at radius 1 is 1.31 bits per heavy atom. The van der Waals surface area contributed by atoms with Crippen molar-refractivity contribution in [3.8, 4) is 11.5 Å². The highest BCUT2D eigenvalue weighted by Gasteiger charge is 2.10. The lowest BCUT2D eigenvalue weighted by Crippen LogP contribution is -2.00. The highest BCUT2D eigenvalue weighted by Crippen LogP contribution is 2.24. The molecule has 2 N–H and O–H groups in total. The summed E-state index contributed by atoms with van der Waals surface area (Å²) in [5, 5.41) is 8.56. The Morgan fingerprint density at radius 2 is 2.12 bits per heavy atom. The molecule has 0 aliphatic carbocycles. The van der Waals surface area contributed by atoms with Gasteiger partial charge in [0, 0.05) is 17.9 Å². The number of aryl methyl sites for hydroxylation is 1. The monoisotopic (exact) mass is 235 g/mol. The first kappa shape index (κ1) is 11.2. The number of thioether (sulfide) groups is 1. The maximum atomic E-state index is 5.54. The number of benzene rings is 1. The Labute approximate surface area is 98.2 Å². The summed E-state index contributed by atoms with van der Waals surface area (Å²) in [5.41, 5.74) is 7.52. The van der Waals surface area contributed by atoms with Gasteiger partial charge in [-0.25, -0.2) is 0 Å². The third kappa shape index (κ3) is 2.43. The SMILES string of the molecule is Cc1ccccc1-c1nnc(SCCN)o1. The quantitative estimate of drug-likeness (QED) is 0.822. The molecule has 1 heterocycles. The average molecular weight is 235 g/mol. The van der Waals surface area contributed by atoms with Crippen LogP contribution in [0.1, 0.15) is 5.56 Å².